The minimum absolute atomic E-state index is 0.0883. The van der Waals surface area contributed by atoms with Gasteiger partial charge < -0.3 is 10.6 Å². The van der Waals surface area contributed by atoms with Gasteiger partial charge in [0.05, 0.1) is 0 Å². The Morgan fingerprint density at radius 3 is 1.17 bits per heavy atom. The summed E-state index contributed by atoms with van der Waals surface area (Å²) in [6.07, 6.45) is 44.1. The molecule has 2 aromatic rings. The van der Waals surface area contributed by atoms with Crippen molar-refractivity contribution >= 4 is 11.8 Å². The molecule has 3 rings (SSSR count). The van der Waals surface area contributed by atoms with E-state index < -0.39 is 0 Å². The van der Waals surface area contributed by atoms with E-state index in [0.717, 1.165) is 64.5 Å². The Kier molecular flexibility index (Phi) is 25.7. The van der Waals surface area contributed by atoms with Crippen LogP contribution in [0, 0.1) is 0 Å². The third-order valence-electron chi connectivity index (χ3n) is 11.7. The first-order valence-corrected chi connectivity index (χ1v) is 23.1. The van der Waals surface area contributed by atoms with Crippen LogP contribution in [0.5, 0.6) is 0 Å². The maximum atomic E-state index is 12.8. The Balaban J connectivity index is 1.11. The van der Waals surface area contributed by atoms with E-state index in [2.05, 4.69) is 82.7 Å². The molecule has 1 fully saturated rings. The van der Waals surface area contributed by atoms with Crippen molar-refractivity contribution in [1.82, 2.24) is 10.6 Å². The molecule has 1 aliphatic rings. The van der Waals surface area contributed by atoms with Crippen LogP contribution in [-0.2, 0) is 35.5 Å². The van der Waals surface area contributed by atoms with Crippen LogP contribution >= 0.6 is 0 Å². The maximum absolute atomic E-state index is 12.8. The van der Waals surface area contributed by atoms with E-state index in [9.17, 15) is 9.59 Å². The lowest BCUT2D eigenvalue weighted by Crippen LogP contribution is -2.53. The molecular weight excluding hydrogens is 665 g/mol. The number of amides is 2. The zero-order valence-electron chi connectivity index (χ0n) is 35.1. The molecule has 54 heavy (non-hydrogen) atoms. The van der Waals surface area contributed by atoms with E-state index in [-0.39, 0.29) is 23.9 Å². The number of hydrogen-bond donors (Lipinski definition) is 2. The predicted octanol–water partition coefficient (Wildman–Crippen LogP) is 11.0. The number of aromatic nitrogens is 2. The van der Waals surface area contributed by atoms with Crippen LogP contribution < -0.4 is 19.8 Å². The van der Waals surface area contributed by atoms with E-state index >= 15 is 0 Å². The van der Waals surface area contributed by atoms with E-state index in [0.29, 0.717) is 12.8 Å². The van der Waals surface area contributed by atoms with Gasteiger partial charge in [0.25, 0.3) is 0 Å². The number of hydrogen-bond acceptors (Lipinski definition) is 2. The van der Waals surface area contributed by atoms with Crippen molar-refractivity contribution in [3.63, 3.8) is 0 Å². The second kappa shape index (κ2) is 30.5. The molecular formula is C48H82N4O2+2. The van der Waals surface area contributed by atoms with Crippen molar-refractivity contribution in [2.45, 2.75) is 232 Å². The Hall–Kier alpha value is -2.76. The number of nitrogens with zero attached hydrogens (tertiary/aromatic N) is 2. The molecule has 2 atom stereocenters. The highest BCUT2D eigenvalue weighted by Gasteiger charge is 2.27. The molecule has 0 aliphatic heterocycles. The first-order valence-electron chi connectivity index (χ1n) is 23.1. The van der Waals surface area contributed by atoms with E-state index in [1.807, 2.05) is 0 Å². The molecule has 2 amide bonds. The van der Waals surface area contributed by atoms with Crippen molar-refractivity contribution in [2.75, 3.05) is 0 Å². The lowest BCUT2D eigenvalue weighted by Gasteiger charge is -2.33. The van der Waals surface area contributed by atoms with Gasteiger partial charge in [-0.3, -0.25) is 9.59 Å². The third kappa shape index (κ3) is 22.0. The molecule has 6 heteroatoms. The van der Waals surface area contributed by atoms with Crippen LogP contribution in [0.15, 0.2) is 49.1 Å². The molecule has 0 radical (unpaired) electrons. The highest BCUT2D eigenvalue weighted by atomic mass is 16.2. The number of aryl methyl sites for hydroxylation is 4. The van der Waals surface area contributed by atoms with E-state index in [1.54, 1.807) is 0 Å². The first kappa shape index (κ1) is 45.6. The standard InChI is InChI=1S/C48H80N4O2/c1-3-5-19-27-43-33-39-51(40-34-43)37-25-17-13-9-7-11-15-21-31-47(53)49-45-29-23-24-30-46(45)50-48(54)32-22-16-12-8-10-14-18-26-38-52-41-35-44(36-42-52)28-20-6-4-2/h33-36,39-42,45-46H,3-32,37-38H2,1-2H3/p+2/t45-,46-/m1/s1. The fourth-order valence-corrected chi connectivity index (χ4v) is 8.08. The van der Waals surface area contributed by atoms with Crippen molar-refractivity contribution in [2.24, 2.45) is 0 Å². The highest BCUT2D eigenvalue weighted by molar-refractivity contribution is 5.77. The summed E-state index contributed by atoms with van der Waals surface area (Å²) in [6.45, 7) is 6.76. The Labute approximate surface area is 332 Å². The second-order valence-electron chi connectivity index (χ2n) is 16.6. The topological polar surface area (TPSA) is 66.0 Å². The van der Waals surface area contributed by atoms with Crippen molar-refractivity contribution in [3.8, 4) is 0 Å². The fraction of sp³-hybridized carbons (Fsp3) is 0.750. The van der Waals surface area contributed by atoms with Crippen LogP contribution in [0.25, 0.3) is 0 Å². The van der Waals surface area contributed by atoms with Crippen molar-refractivity contribution in [1.29, 1.82) is 0 Å². The summed E-state index contributed by atoms with van der Waals surface area (Å²) in [5, 5.41) is 6.59. The van der Waals surface area contributed by atoms with Gasteiger partial charge in [-0.15, -0.1) is 0 Å². The molecule has 0 saturated heterocycles. The summed E-state index contributed by atoms with van der Waals surface area (Å²) in [6, 6.07) is 9.36. The van der Waals surface area contributed by atoms with E-state index in [4.69, 9.17) is 0 Å². The first-order chi connectivity index (χ1) is 26.6. The maximum Gasteiger partial charge on any atom is 0.220 e. The Morgan fingerprint density at radius 1 is 0.481 bits per heavy atom. The second-order valence-corrected chi connectivity index (χ2v) is 16.6. The summed E-state index contributed by atoms with van der Waals surface area (Å²) >= 11 is 0. The fourth-order valence-electron chi connectivity index (χ4n) is 8.08. The predicted molar refractivity (Wildman–Crippen MR) is 225 cm³/mol. The normalized spacial score (nSPS) is 15.7. The van der Waals surface area contributed by atoms with Gasteiger partial charge in [-0.25, -0.2) is 9.13 Å². The number of carbonyl (C=O) groups excluding carboxylic acids is 2. The van der Waals surface area contributed by atoms with Crippen molar-refractivity contribution < 1.29 is 18.7 Å². The number of nitrogens with one attached hydrogen (secondary N) is 2. The van der Waals surface area contributed by atoms with Gasteiger partial charge in [-0.2, -0.15) is 0 Å². The number of pyridine rings is 2. The molecule has 0 aromatic carbocycles. The molecule has 304 valence electrons. The van der Waals surface area contributed by atoms with Crippen molar-refractivity contribution in [3.05, 3.63) is 60.2 Å². The molecule has 0 unspecified atom stereocenters. The molecule has 0 spiro atoms. The van der Waals surface area contributed by atoms with Crippen LogP contribution in [0.4, 0.5) is 0 Å². The highest BCUT2D eigenvalue weighted by Crippen LogP contribution is 2.20. The molecule has 6 nitrogen and oxygen atoms in total. The van der Waals surface area contributed by atoms with Gasteiger partial charge >= 0.3 is 0 Å². The summed E-state index contributed by atoms with van der Waals surface area (Å²) in [5.41, 5.74) is 2.93. The summed E-state index contributed by atoms with van der Waals surface area (Å²) in [5.74, 6) is 0.330. The molecule has 2 heterocycles. The van der Waals surface area contributed by atoms with Gasteiger partial charge in [-0.1, -0.05) is 117 Å². The average molecular weight is 747 g/mol. The van der Waals surface area contributed by atoms with Crippen LogP contribution in [0.1, 0.15) is 205 Å². The largest absolute Gasteiger partial charge is 0.351 e. The van der Waals surface area contributed by atoms with Crippen LogP contribution in [-0.4, -0.2) is 23.9 Å². The molecule has 0 bridgehead atoms. The minimum Gasteiger partial charge on any atom is -0.351 e. The monoisotopic (exact) mass is 747 g/mol. The molecule has 2 aromatic heterocycles. The van der Waals surface area contributed by atoms with Gasteiger partial charge in [0.15, 0.2) is 24.8 Å². The lowest BCUT2D eigenvalue weighted by molar-refractivity contribution is -0.697. The molecule has 2 N–H and O–H groups in total. The minimum atomic E-state index is 0.0883. The quantitative estimate of drug-likeness (QED) is 0.0578. The lowest BCUT2D eigenvalue weighted by atomic mass is 9.90. The van der Waals surface area contributed by atoms with Gasteiger partial charge in [-0.05, 0) is 75.3 Å². The summed E-state index contributed by atoms with van der Waals surface area (Å²) in [4.78, 5) is 25.6. The van der Waals surface area contributed by atoms with Gasteiger partial charge in [0.2, 0.25) is 11.8 Å². The van der Waals surface area contributed by atoms with Crippen LogP contribution in [0.2, 0.25) is 0 Å². The Morgan fingerprint density at radius 2 is 0.815 bits per heavy atom. The SMILES string of the molecule is CCCCCc1cc[n+](CCCCCCCCCCC(=O)N[C@@H]2CCCC[C@H]2NC(=O)CCCCCCCCCC[n+]2ccc(CCCCC)cc2)cc1. The number of unbranched alkanes of at least 4 members (excludes halogenated alkanes) is 18. The van der Waals surface area contributed by atoms with Gasteiger partial charge in [0, 0.05) is 62.0 Å². The zero-order chi connectivity index (χ0) is 38.3. The number of carbonyl (C=O) groups is 2. The summed E-state index contributed by atoms with van der Waals surface area (Å²) < 4.78 is 4.66. The smallest absolute Gasteiger partial charge is 0.220 e. The van der Waals surface area contributed by atoms with E-state index in [1.165, 1.54) is 140 Å². The van der Waals surface area contributed by atoms with Gasteiger partial charge in [0.1, 0.15) is 13.1 Å². The zero-order valence-corrected chi connectivity index (χ0v) is 35.1. The number of rotatable bonds is 32. The molecule has 1 aliphatic carbocycles. The average Bonchev–Trinajstić information content (AvgIpc) is 3.18. The Bertz CT molecular complexity index is 1120. The molecule has 1 saturated carbocycles. The third-order valence-corrected chi connectivity index (χ3v) is 11.7. The van der Waals surface area contributed by atoms with Crippen LogP contribution in [0.3, 0.4) is 0 Å². The summed E-state index contributed by atoms with van der Waals surface area (Å²) in [7, 11) is 0.